The van der Waals surface area contributed by atoms with E-state index in [-0.39, 0.29) is 35.1 Å². The Balaban J connectivity index is 0.810. The first kappa shape index (κ1) is 76.5. The van der Waals surface area contributed by atoms with E-state index in [1.807, 2.05) is 0 Å². The summed E-state index contributed by atoms with van der Waals surface area (Å²) in [4.78, 5) is 10.6. The minimum Gasteiger partial charge on any atom is -0.311 e. The van der Waals surface area contributed by atoms with Crippen molar-refractivity contribution in [3.05, 3.63) is 385 Å². The van der Waals surface area contributed by atoms with Gasteiger partial charge in [-0.3, -0.25) is 0 Å². The highest BCUT2D eigenvalue weighted by atomic mass is 28.3. The van der Waals surface area contributed by atoms with Crippen LogP contribution >= 0.6 is 0 Å². The molecule has 0 bridgehead atoms. The Kier molecular flexibility index (Phi) is 18.2. The van der Waals surface area contributed by atoms with Crippen LogP contribution in [0.2, 0.25) is 13.1 Å². The van der Waals surface area contributed by atoms with Crippen molar-refractivity contribution in [1.82, 2.24) is 0 Å². The van der Waals surface area contributed by atoms with Gasteiger partial charge < -0.3 is 19.6 Å². The largest absolute Gasteiger partial charge is 0.311 e. The maximum absolute atomic E-state index is 3.47. The summed E-state index contributed by atoms with van der Waals surface area (Å²) in [6.07, 6.45) is 0.789. The van der Waals surface area contributed by atoms with E-state index >= 15 is 0 Å². The molecule has 0 spiro atoms. The molecule has 0 aliphatic carbocycles. The molecular formula is C112H104B2N4Si2. The van der Waals surface area contributed by atoms with Gasteiger partial charge in [0.05, 0.1) is 0 Å². The van der Waals surface area contributed by atoms with E-state index in [9.17, 15) is 0 Å². The molecule has 8 heteroatoms. The van der Waals surface area contributed by atoms with Crippen LogP contribution in [0.5, 0.6) is 0 Å². The van der Waals surface area contributed by atoms with E-state index < -0.39 is 16.1 Å². The fraction of sp³-hybridized carbons (Fsp3) is 0.179. The van der Waals surface area contributed by atoms with E-state index in [0.29, 0.717) is 0 Å². The van der Waals surface area contributed by atoms with Crippen LogP contribution in [0, 0.1) is 13.8 Å². The smallest absolute Gasteiger partial charge is 0.252 e. The van der Waals surface area contributed by atoms with Crippen molar-refractivity contribution < 1.29 is 0 Å². The lowest BCUT2D eigenvalue weighted by molar-refractivity contribution is 0.523. The summed E-state index contributed by atoms with van der Waals surface area (Å²) < 4.78 is 0. The van der Waals surface area contributed by atoms with Crippen LogP contribution in [0.15, 0.2) is 346 Å². The Hall–Kier alpha value is -12.2. The number of hydrogen-bond donors (Lipinski definition) is 0. The normalized spacial score (nSPS) is 13.7. The lowest BCUT2D eigenvalue weighted by Gasteiger charge is -2.46. The predicted molar refractivity (Wildman–Crippen MR) is 525 cm³/mol. The van der Waals surface area contributed by atoms with Gasteiger partial charge in [-0.25, -0.2) is 0 Å². The Bertz CT molecular complexity index is 6540. The molecule has 4 aliphatic rings. The molecule has 4 heterocycles. The molecule has 120 heavy (non-hydrogen) atoms. The topological polar surface area (TPSA) is 13.0 Å². The summed E-state index contributed by atoms with van der Waals surface area (Å²) in [5.74, 6) is 0. The number of rotatable bonds is 13. The van der Waals surface area contributed by atoms with Crippen LogP contribution in [0.3, 0.4) is 0 Å². The van der Waals surface area contributed by atoms with Gasteiger partial charge in [-0.2, -0.15) is 0 Å². The zero-order valence-corrected chi connectivity index (χ0v) is 74.1. The van der Waals surface area contributed by atoms with Gasteiger partial charge in [-0.05, 0) is 230 Å². The highest BCUT2D eigenvalue weighted by Gasteiger charge is 2.51. The van der Waals surface area contributed by atoms with Crippen molar-refractivity contribution in [2.45, 2.75) is 131 Å². The van der Waals surface area contributed by atoms with E-state index in [1.165, 1.54) is 176 Å². The molecule has 0 unspecified atom stereocenters. The first-order valence-electron chi connectivity index (χ1n) is 43.2. The first-order chi connectivity index (χ1) is 57.7. The van der Waals surface area contributed by atoms with Gasteiger partial charge in [0.25, 0.3) is 13.4 Å². The van der Waals surface area contributed by atoms with Gasteiger partial charge >= 0.3 is 0 Å². The molecule has 0 amide bonds. The molecule has 20 rings (SSSR count). The molecule has 4 aliphatic heterocycles. The summed E-state index contributed by atoms with van der Waals surface area (Å²) >= 11 is 0. The second-order valence-electron chi connectivity index (χ2n) is 38.8. The van der Waals surface area contributed by atoms with E-state index in [4.69, 9.17) is 0 Å². The van der Waals surface area contributed by atoms with Gasteiger partial charge in [0.2, 0.25) is 0 Å². The van der Waals surface area contributed by atoms with E-state index in [2.05, 4.69) is 468 Å². The summed E-state index contributed by atoms with van der Waals surface area (Å²) in [7, 11) is -5.87. The third-order valence-electron chi connectivity index (χ3n) is 27.1. The number of hydrogen-bond acceptors (Lipinski definition) is 4. The number of fused-ring (bicyclic) bond motifs is 12. The summed E-state index contributed by atoms with van der Waals surface area (Å²) in [6.45, 7) is 35.5. The highest BCUT2D eigenvalue weighted by Crippen LogP contribution is 2.50. The Labute approximate surface area is 713 Å². The van der Waals surface area contributed by atoms with E-state index in [0.717, 1.165) is 23.5 Å². The maximum Gasteiger partial charge on any atom is 0.252 e. The predicted octanol–water partition coefficient (Wildman–Crippen LogP) is 21.4. The molecule has 0 fully saturated rings. The molecule has 16 aromatic rings. The monoisotopic (exact) mass is 1580 g/mol. The molecule has 0 radical (unpaired) electrons. The van der Waals surface area contributed by atoms with Crippen molar-refractivity contribution >= 4 is 183 Å². The quantitative estimate of drug-likeness (QED) is 0.0842. The van der Waals surface area contributed by atoms with E-state index in [1.54, 1.807) is 0 Å². The molecule has 16 aromatic carbocycles. The Morgan fingerprint density at radius 3 is 1.11 bits per heavy atom. The van der Waals surface area contributed by atoms with Gasteiger partial charge in [0, 0.05) is 79.0 Å². The molecule has 0 aromatic heterocycles. The SMILES string of the molecule is Cc1cccc(N2c3cc([Si](c4ccccc4)(c4ccccc4)c4cccc(CC(C)(C)c5ccc6c(c5)B5c7cc(C(C)(C)C)ccc7N(c7ccc(C(C)(C)C)cc7)c7cc([Si](C)(C)c8ccccc8)cc(c75)N6c5ccc(C(C)(C)C)cc5)c4)cc4c3B(c3ccc5ccccc5c32)c2ccc3ccccc3c2N4c2cccc(C)c2)c1. The van der Waals surface area contributed by atoms with Crippen molar-refractivity contribution in [3.63, 3.8) is 0 Å². The second kappa shape index (κ2) is 28.5. The lowest BCUT2D eigenvalue weighted by Crippen LogP contribution is -2.75. The molecule has 0 saturated heterocycles. The van der Waals surface area contributed by atoms with Gasteiger partial charge in [0.1, 0.15) is 8.07 Å². The standard InChI is InChI=1S/C112H104B2N4Si2/c1-74-32-29-37-85(64-74)117-103-71-92(72-104-106(103)113(95-60-48-77-35-25-27-46-93(77)107(95)117)96-61-49-78-36-26-28-47-94(78)108(96)118(104)86-38-30-33-75(2)65-86)120(88-41-21-17-22-42-88,89-43-23-18-24-44-89)90-45-31-34-76(66-90)73-112(12,13)82-55-63-100-98(68-82)114-97-67-81(111(9,10)11)54-62-99(97)115(83-56-50-79(51-57-83)109(3,4)5)101-69-91(119(14,15)87-39-19-16-20-40-87)70-102(105(101)114)116(100)84-58-52-80(53-59-84)110(6,7)8/h16-72H,73H2,1-15H3. The van der Waals surface area contributed by atoms with Crippen molar-refractivity contribution in [2.24, 2.45) is 0 Å². The molecule has 0 saturated carbocycles. The third-order valence-corrected chi connectivity index (χ3v) is 35.4. The number of aryl methyl sites for hydroxylation is 2. The highest BCUT2D eigenvalue weighted by molar-refractivity contribution is 7.20. The fourth-order valence-electron chi connectivity index (χ4n) is 20.8. The number of nitrogens with zero attached hydrogens (tertiary/aromatic N) is 4. The Morgan fingerprint density at radius 1 is 0.267 bits per heavy atom. The zero-order valence-electron chi connectivity index (χ0n) is 72.1. The van der Waals surface area contributed by atoms with Crippen LogP contribution in [0.4, 0.5) is 68.2 Å². The first-order valence-corrected chi connectivity index (χ1v) is 48.2. The van der Waals surface area contributed by atoms with Crippen LogP contribution in [-0.4, -0.2) is 29.6 Å². The summed E-state index contributed by atoms with van der Waals surface area (Å²) in [5.41, 5.74) is 30.9. The van der Waals surface area contributed by atoms with Crippen LogP contribution in [-0.2, 0) is 28.1 Å². The lowest BCUT2D eigenvalue weighted by atomic mass is 9.33. The maximum atomic E-state index is 2.68. The van der Waals surface area contributed by atoms with Crippen LogP contribution < -0.4 is 83.5 Å². The molecular weight excluding hydrogens is 1480 g/mol. The minimum atomic E-state index is -3.47. The second-order valence-corrected chi connectivity index (χ2v) is 47.0. The van der Waals surface area contributed by atoms with Crippen molar-refractivity contribution in [1.29, 1.82) is 0 Å². The zero-order chi connectivity index (χ0) is 82.7. The molecule has 0 N–H and O–H groups in total. The van der Waals surface area contributed by atoms with Crippen molar-refractivity contribution in [2.75, 3.05) is 19.6 Å². The summed E-state index contributed by atoms with van der Waals surface area (Å²) in [5, 5.41) is 13.1. The molecule has 0 atom stereocenters. The Morgan fingerprint density at radius 2 is 0.650 bits per heavy atom. The molecule has 4 nitrogen and oxygen atoms in total. The minimum absolute atomic E-state index is 0.0122. The number of benzene rings is 16. The van der Waals surface area contributed by atoms with Gasteiger partial charge in [0.15, 0.2) is 8.07 Å². The fourth-order valence-corrected chi connectivity index (χ4v) is 28.0. The van der Waals surface area contributed by atoms with Crippen LogP contribution in [0.1, 0.15) is 115 Å². The average Bonchev–Trinajstić information content (AvgIpc) is 0.684. The van der Waals surface area contributed by atoms with Gasteiger partial charge in [-0.1, -0.05) is 360 Å². The summed E-state index contributed by atoms with van der Waals surface area (Å²) in [6, 6.07) is 136. The third kappa shape index (κ3) is 12.5. The van der Waals surface area contributed by atoms with Crippen molar-refractivity contribution in [3.8, 4) is 0 Å². The van der Waals surface area contributed by atoms with Crippen LogP contribution in [0.25, 0.3) is 21.5 Å². The molecule has 586 valence electrons. The van der Waals surface area contributed by atoms with Gasteiger partial charge in [-0.15, -0.1) is 0 Å². The number of anilines is 12. The average molecular weight is 1580 g/mol.